The van der Waals surface area contributed by atoms with Crippen molar-refractivity contribution >= 4 is 11.9 Å². The Morgan fingerprint density at radius 3 is 2.89 bits per heavy atom. The highest BCUT2D eigenvalue weighted by molar-refractivity contribution is 5.89. The molecule has 0 aromatic heterocycles. The normalized spacial score (nSPS) is 19.9. The van der Waals surface area contributed by atoms with Crippen molar-refractivity contribution < 1.29 is 14.7 Å². The van der Waals surface area contributed by atoms with Gasteiger partial charge in [-0.05, 0) is 24.5 Å². The maximum atomic E-state index is 12.0. The number of carboxylic acids is 1. The van der Waals surface area contributed by atoms with Crippen molar-refractivity contribution in [3.05, 3.63) is 35.4 Å². The Morgan fingerprint density at radius 1 is 1.44 bits per heavy atom. The molecule has 18 heavy (non-hydrogen) atoms. The van der Waals surface area contributed by atoms with E-state index in [0.717, 1.165) is 19.4 Å². The van der Waals surface area contributed by atoms with E-state index in [1.165, 1.54) is 0 Å². The van der Waals surface area contributed by atoms with Crippen LogP contribution in [0.4, 0.5) is 0 Å². The minimum atomic E-state index is -0.942. The maximum Gasteiger partial charge on any atom is 0.336 e. The highest BCUT2D eigenvalue weighted by Crippen LogP contribution is 2.20. The van der Waals surface area contributed by atoms with E-state index in [2.05, 4.69) is 0 Å². The Bertz CT molecular complexity index is 470. The molecule has 1 unspecified atom stereocenters. The zero-order valence-corrected chi connectivity index (χ0v) is 10.4. The van der Waals surface area contributed by atoms with Crippen LogP contribution in [0.1, 0.15) is 35.7 Å². The van der Waals surface area contributed by atoms with Crippen LogP contribution in [0.5, 0.6) is 0 Å². The van der Waals surface area contributed by atoms with Crippen molar-refractivity contribution in [3.8, 4) is 0 Å². The number of nitrogens with zero attached hydrogens (tertiary/aromatic N) is 1. The predicted octanol–water partition coefficient (Wildman–Crippen LogP) is 2.14. The fourth-order valence-corrected chi connectivity index (χ4v) is 2.36. The summed E-state index contributed by atoms with van der Waals surface area (Å²) in [4.78, 5) is 24.9. The first kappa shape index (κ1) is 12.6. The number of amides is 1. The third-order valence-corrected chi connectivity index (χ3v) is 3.41. The SMILES string of the molecule is CC1CCCN(Cc2ccccc2C(=O)O)C1=O. The average Bonchev–Trinajstić information content (AvgIpc) is 2.35. The van der Waals surface area contributed by atoms with Crippen LogP contribution in [0.3, 0.4) is 0 Å². The van der Waals surface area contributed by atoms with Crippen molar-refractivity contribution in [2.75, 3.05) is 6.54 Å². The molecular weight excluding hydrogens is 230 g/mol. The summed E-state index contributed by atoms with van der Waals surface area (Å²) < 4.78 is 0. The third-order valence-electron chi connectivity index (χ3n) is 3.41. The van der Waals surface area contributed by atoms with E-state index >= 15 is 0 Å². The Morgan fingerprint density at radius 2 is 2.17 bits per heavy atom. The quantitative estimate of drug-likeness (QED) is 0.890. The van der Waals surface area contributed by atoms with Crippen molar-refractivity contribution in [1.29, 1.82) is 0 Å². The molecule has 2 rings (SSSR count). The van der Waals surface area contributed by atoms with Gasteiger partial charge in [0, 0.05) is 19.0 Å². The summed E-state index contributed by atoms with van der Waals surface area (Å²) in [6.07, 6.45) is 1.91. The van der Waals surface area contributed by atoms with Gasteiger partial charge in [0.05, 0.1) is 5.56 Å². The van der Waals surface area contributed by atoms with Crippen molar-refractivity contribution in [2.45, 2.75) is 26.3 Å². The van der Waals surface area contributed by atoms with Gasteiger partial charge >= 0.3 is 5.97 Å². The van der Waals surface area contributed by atoms with E-state index in [0.29, 0.717) is 12.1 Å². The predicted molar refractivity (Wildman–Crippen MR) is 67.2 cm³/mol. The van der Waals surface area contributed by atoms with Gasteiger partial charge in [-0.25, -0.2) is 4.79 Å². The van der Waals surface area contributed by atoms with E-state index in [4.69, 9.17) is 5.11 Å². The topological polar surface area (TPSA) is 57.6 Å². The molecule has 1 saturated heterocycles. The van der Waals surface area contributed by atoms with Gasteiger partial charge in [0.1, 0.15) is 0 Å². The molecule has 1 amide bonds. The van der Waals surface area contributed by atoms with E-state index in [9.17, 15) is 9.59 Å². The van der Waals surface area contributed by atoms with Crippen LogP contribution in [0.15, 0.2) is 24.3 Å². The fourth-order valence-electron chi connectivity index (χ4n) is 2.36. The van der Waals surface area contributed by atoms with Gasteiger partial charge in [-0.2, -0.15) is 0 Å². The Hall–Kier alpha value is -1.84. The average molecular weight is 247 g/mol. The standard InChI is InChI=1S/C14H17NO3/c1-10-5-4-8-15(13(10)16)9-11-6-2-3-7-12(11)14(17)18/h2-3,6-7,10H,4-5,8-9H2,1H3,(H,17,18). The molecule has 0 aliphatic carbocycles. The maximum absolute atomic E-state index is 12.0. The Balaban J connectivity index is 2.18. The number of hydrogen-bond donors (Lipinski definition) is 1. The lowest BCUT2D eigenvalue weighted by Gasteiger charge is -2.31. The second-order valence-electron chi connectivity index (χ2n) is 4.77. The minimum absolute atomic E-state index is 0.0516. The molecule has 0 bridgehead atoms. The molecule has 0 saturated carbocycles. The first-order valence-corrected chi connectivity index (χ1v) is 6.19. The van der Waals surface area contributed by atoms with Crippen LogP contribution >= 0.6 is 0 Å². The van der Waals surface area contributed by atoms with Crippen LogP contribution in [0, 0.1) is 5.92 Å². The summed E-state index contributed by atoms with van der Waals surface area (Å²) in [6.45, 7) is 3.04. The molecule has 1 atom stereocenters. The van der Waals surface area contributed by atoms with Crippen LogP contribution in [0.25, 0.3) is 0 Å². The number of carboxylic acid groups (broad SMARTS) is 1. The Kier molecular flexibility index (Phi) is 3.65. The van der Waals surface area contributed by atoms with Crippen LogP contribution in [0.2, 0.25) is 0 Å². The molecule has 0 radical (unpaired) electrons. The molecule has 4 nitrogen and oxygen atoms in total. The van der Waals surface area contributed by atoms with Gasteiger partial charge in [0.2, 0.25) is 5.91 Å². The summed E-state index contributed by atoms with van der Waals surface area (Å²) >= 11 is 0. The van der Waals surface area contributed by atoms with Gasteiger partial charge in [-0.15, -0.1) is 0 Å². The van der Waals surface area contributed by atoms with E-state index < -0.39 is 5.97 Å². The van der Waals surface area contributed by atoms with Crippen LogP contribution in [-0.4, -0.2) is 28.4 Å². The molecule has 0 spiro atoms. The third kappa shape index (κ3) is 2.53. The highest BCUT2D eigenvalue weighted by atomic mass is 16.4. The zero-order chi connectivity index (χ0) is 13.1. The number of aromatic carboxylic acids is 1. The van der Waals surface area contributed by atoms with Crippen molar-refractivity contribution in [2.24, 2.45) is 5.92 Å². The molecule has 1 heterocycles. The molecule has 96 valence electrons. The summed E-state index contributed by atoms with van der Waals surface area (Å²) in [6, 6.07) is 6.86. The monoisotopic (exact) mass is 247 g/mol. The smallest absolute Gasteiger partial charge is 0.336 e. The molecule has 1 aliphatic heterocycles. The van der Waals surface area contributed by atoms with Crippen molar-refractivity contribution in [3.63, 3.8) is 0 Å². The minimum Gasteiger partial charge on any atom is -0.478 e. The number of piperidine rings is 1. The second-order valence-corrected chi connectivity index (χ2v) is 4.77. The Labute approximate surface area is 106 Å². The summed E-state index contributed by atoms with van der Waals surface area (Å²) in [5.41, 5.74) is 0.982. The molecule has 1 aliphatic rings. The van der Waals surface area contributed by atoms with Crippen LogP contribution < -0.4 is 0 Å². The van der Waals surface area contributed by atoms with E-state index in [-0.39, 0.29) is 17.4 Å². The van der Waals surface area contributed by atoms with Gasteiger partial charge in [-0.1, -0.05) is 25.1 Å². The number of carbonyl (C=O) groups excluding carboxylic acids is 1. The van der Waals surface area contributed by atoms with Gasteiger partial charge in [0.25, 0.3) is 0 Å². The summed E-state index contributed by atoms with van der Waals surface area (Å²) in [7, 11) is 0. The largest absolute Gasteiger partial charge is 0.478 e. The molecule has 1 fully saturated rings. The van der Waals surface area contributed by atoms with Crippen molar-refractivity contribution in [1.82, 2.24) is 4.90 Å². The van der Waals surface area contributed by atoms with Crippen LogP contribution in [-0.2, 0) is 11.3 Å². The lowest BCUT2D eigenvalue weighted by molar-refractivity contribution is -0.138. The number of hydrogen-bond acceptors (Lipinski definition) is 2. The number of rotatable bonds is 3. The lowest BCUT2D eigenvalue weighted by Crippen LogP contribution is -2.39. The van der Waals surface area contributed by atoms with E-state index in [1.54, 1.807) is 29.2 Å². The summed E-state index contributed by atoms with van der Waals surface area (Å²) in [5.74, 6) is -0.764. The molecule has 1 aromatic rings. The molecule has 1 aromatic carbocycles. The van der Waals surface area contributed by atoms with Gasteiger partial charge in [0.15, 0.2) is 0 Å². The first-order valence-electron chi connectivity index (χ1n) is 6.19. The van der Waals surface area contributed by atoms with E-state index in [1.807, 2.05) is 6.92 Å². The lowest BCUT2D eigenvalue weighted by atomic mass is 9.98. The summed E-state index contributed by atoms with van der Waals surface area (Å²) in [5, 5.41) is 9.11. The number of benzene rings is 1. The first-order chi connectivity index (χ1) is 8.59. The van der Waals surface area contributed by atoms with Gasteiger partial charge < -0.3 is 10.0 Å². The molecule has 4 heteroatoms. The molecule has 1 N–H and O–H groups in total. The highest BCUT2D eigenvalue weighted by Gasteiger charge is 2.25. The fraction of sp³-hybridized carbons (Fsp3) is 0.429. The number of likely N-dealkylation sites (tertiary alicyclic amines) is 1. The second kappa shape index (κ2) is 5.21. The zero-order valence-electron chi connectivity index (χ0n) is 10.4. The number of carbonyl (C=O) groups is 2. The van der Waals surface area contributed by atoms with Gasteiger partial charge in [-0.3, -0.25) is 4.79 Å². The molecular formula is C14H17NO3.